The summed E-state index contributed by atoms with van der Waals surface area (Å²) in [6.45, 7) is 0. The number of carbonyl (C=O) groups is 1. The number of nitrogens with two attached hydrogens (primary N) is 1. The van der Waals surface area contributed by atoms with E-state index < -0.39 is 22.1 Å². The molecule has 6 nitrogen and oxygen atoms in total. The van der Waals surface area contributed by atoms with Crippen LogP contribution in [0.4, 0.5) is 0 Å². The summed E-state index contributed by atoms with van der Waals surface area (Å²) >= 11 is 0. The summed E-state index contributed by atoms with van der Waals surface area (Å²) in [5.41, 5.74) is 6.95. The molecule has 116 valence electrons. The fraction of sp³-hybridized carbons (Fsp3) is 0.200. The van der Waals surface area contributed by atoms with Crippen molar-refractivity contribution in [3.8, 4) is 0 Å². The topological polar surface area (TPSA) is 99.3 Å². The zero-order valence-corrected chi connectivity index (χ0v) is 12.6. The summed E-state index contributed by atoms with van der Waals surface area (Å²) < 4.78 is 28.3. The van der Waals surface area contributed by atoms with Gasteiger partial charge in [-0.2, -0.15) is 8.42 Å². The van der Waals surface area contributed by atoms with E-state index in [2.05, 4.69) is 9.17 Å². The number of aromatic nitrogens is 1. The minimum absolute atomic E-state index is 0.160. The highest BCUT2D eigenvalue weighted by molar-refractivity contribution is 7.86. The summed E-state index contributed by atoms with van der Waals surface area (Å²) in [7, 11) is -4.02. The van der Waals surface area contributed by atoms with Gasteiger partial charge >= 0.3 is 16.1 Å². The number of carbonyl (C=O) groups excluding carboxylic acids is 1. The highest BCUT2D eigenvalue weighted by Gasteiger charge is 2.23. The molecule has 0 radical (unpaired) electrons. The van der Waals surface area contributed by atoms with E-state index in [0.717, 1.165) is 5.56 Å². The van der Waals surface area contributed by atoms with Crippen molar-refractivity contribution in [3.05, 3.63) is 66.0 Å². The van der Waals surface area contributed by atoms with Crippen LogP contribution in [0.15, 0.2) is 54.9 Å². The van der Waals surface area contributed by atoms with Crippen LogP contribution in [0.1, 0.15) is 11.1 Å². The molecule has 0 unspecified atom stereocenters. The monoisotopic (exact) mass is 320 g/mol. The minimum atomic E-state index is -4.02. The van der Waals surface area contributed by atoms with Gasteiger partial charge in [0.1, 0.15) is 11.8 Å². The van der Waals surface area contributed by atoms with Gasteiger partial charge in [-0.3, -0.25) is 4.98 Å². The smallest absolute Gasteiger partial charge is 0.339 e. The first kappa shape index (κ1) is 16.1. The lowest BCUT2D eigenvalue weighted by molar-refractivity contribution is -0.135. The Morgan fingerprint density at radius 2 is 1.82 bits per heavy atom. The van der Waals surface area contributed by atoms with Crippen molar-refractivity contribution in [1.82, 2.24) is 4.98 Å². The van der Waals surface area contributed by atoms with E-state index in [-0.39, 0.29) is 12.2 Å². The summed E-state index contributed by atoms with van der Waals surface area (Å²) in [4.78, 5) is 15.7. The van der Waals surface area contributed by atoms with Crippen molar-refractivity contribution in [3.63, 3.8) is 0 Å². The van der Waals surface area contributed by atoms with Gasteiger partial charge in [-0.25, -0.2) is 4.79 Å². The fourth-order valence-corrected chi connectivity index (χ4v) is 2.88. The normalized spacial score (nSPS) is 12.6. The van der Waals surface area contributed by atoms with E-state index in [1.54, 1.807) is 54.9 Å². The Hall–Kier alpha value is -2.25. The Balaban J connectivity index is 1.95. The van der Waals surface area contributed by atoms with Gasteiger partial charge in [0.25, 0.3) is 0 Å². The van der Waals surface area contributed by atoms with Crippen molar-refractivity contribution in [2.24, 2.45) is 5.73 Å². The molecule has 0 saturated heterocycles. The predicted octanol–water partition coefficient (Wildman–Crippen LogP) is 1.02. The van der Waals surface area contributed by atoms with Gasteiger partial charge in [0, 0.05) is 12.4 Å². The molecule has 1 atom stereocenters. The molecule has 2 N–H and O–H groups in total. The summed E-state index contributed by atoms with van der Waals surface area (Å²) in [6, 6.07) is 10.9. The van der Waals surface area contributed by atoms with Gasteiger partial charge in [0.2, 0.25) is 0 Å². The molecule has 0 aliphatic heterocycles. The van der Waals surface area contributed by atoms with Crippen molar-refractivity contribution >= 4 is 16.1 Å². The maximum atomic E-state index is 11.9. The second kappa shape index (κ2) is 7.15. The van der Waals surface area contributed by atoms with Gasteiger partial charge in [0.15, 0.2) is 0 Å². The number of hydrogen-bond acceptors (Lipinski definition) is 6. The maximum absolute atomic E-state index is 11.9. The van der Waals surface area contributed by atoms with Gasteiger partial charge in [-0.15, -0.1) is 0 Å². The highest BCUT2D eigenvalue weighted by atomic mass is 32.2. The minimum Gasteiger partial charge on any atom is -0.344 e. The number of hydrogen-bond donors (Lipinski definition) is 1. The standard InChI is InChI=1S/C15H16N2O4S/c16-14(9-13-7-4-8-17-10-13)15(18)21-22(19,20)11-12-5-2-1-3-6-12/h1-8,10,14H,9,11,16H2/t14-/m0/s1. The summed E-state index contributed by atoms with van der Waals surface area (Å²) in [6.07, 6.45) is 3.32. The molecular formula is C15H16N2O4S. The zero-order valence-electron chi connectivity index (χ0n) is 11.8. The molecule has 2 aromatic rings. The van der Waals surface area contributed by atoms with Crippen molar-refractivity contribution in [2.75, 3.05) is 0 Å². The average molecular weight is 320 g/mol. The third-order valence-corrected chi connectivity index (χ3v) is 3.98. The molecule has 2 rings (SSSR count). The van der Waals surface area contributed by atoms with Crippen LogP contribution in [0.25, 0.3) is 0 Å². The first-order valence-electron chi connectivity index (χ1n) is 6.61. The lowest BCUT2D eigenvalue weighted by Gasteiger charge is -2.11. The van der Waals surface area contributed by atoms with E-state index in [1.165, 1.54) is 0 Å². The Morgan fingerprint density at radius 1 is 1.14 bits per heavy atom. The molecule has 0 saturated carbocycles. The molecule has 0 bridgehead atoms. The number of pyridine rings is 1. The first-order chi connectivity index (χ1) is 10.5. The van der Waals surface area contributed by atoms with Crippen LogP contribution in [-0.2, 0) is 31.3 Å². The molecule has 1 aromatic heterocycles. The Labute approximate surface area is 129 Å². The zero-order chi connectivity index (χ0) is 16.0. The van der Waals surface area contributed by atoms with Crippen LogP contribution >= 0.6 is 0 Å². The average Bonchev–Trinajstić information content (AvgIpc) is 2.48. The van der Waals surface area contributed by atoms with Crippen LogP contribution in [0, 0.1) is 0 Å². The second-order valence-electron chi connectivity index (χ2n) is 4.76. The second-order valence-corrected chi connectivity index (χ2v) is 6.33. The lowest BCUT2D eigenvalue weighted by atomic mass is 10.1. The highest BCUT2D eigenvalue weighted by Crippen LogP contribution is 2.09. The SMILES string of the molecule is N[C@@H](Cc1cccnc1)C(=O)OS(=O)(=O)Cc1ccccc1. The van der Waals surface area contributed by atoms with Gasteiger partial charge in [-0.1, -0.05) is 36.4 Å². The Kier molecular flexibility index (Phi) is 5.24. The molecule has 0 amide bonds. The molecule has 1 heterocycles. The van der Waals surface area contributed by atoms with Crippen molar-refractivity contribution in [2.45, 2.75) is 18.2 Å². The van der Waals surface area contributed by atoms with Crippen LogP contribution in [-0.4, -0.2) is 25.4 Å². The fourth-order valence-electron chi connectivity index (χ4n) is 1.85. The largest absolute Gasteiger partial charge is 0.344 e. The first-order valence-corrected chi connectivity index (χ1v) is 8.18. The Bertz CT molecular complexity index is 718. The molecule has 0 spiro atoms. The molecule has 1 aromatic carbocycles. The summed E-state index contributed by atoms with van der Waals surface area (Å²) in [5.74, 6) is -1.35. The van der Waals surface area contributed by atoms with E-state index in [1.807, 2.05) is 0 Å². The van der Waals surface area contributed by atoms with E-state index in [0.29, 0.717) is 5.56 Å². The van der Waals surface area contributed by atoms with E-state index in [4.69, 9.17) is 5.73 Å². The van der Waals surface area contributed by atoms with Crippen LogP contribution in [0.2, 0.25) is 0 Å². The molecule has 7 heteroatoms. The van der Waals surface area contributed by atoms with Gasteiger partial charge in [0.05, 0.1) is 0 Å². The number of nitrogens with zero attached hydrogens (tertiary/aromatic N) is 1. The summed E-state index contributed by atoms with van der Waals surface area (Å²) in [5, 5.41) is 0. The van der Waals surface area contributed by atoms with Gasteiger partial charge in [-0.05, 0) is 23.6 Å². The number of rotatable bonds is 6. The van der Waals surface area contributed by atoms with Crippen LogP contribution in [0.3, 0.4) is 0 Å². The third kappa shape index (κ3) is 4.94. The quantitative estimate of drug-likeness (QED) is 0.798. The maximum Gasteiger partial charge on any atom is 0.339 e. The molecular weight excluding hydrogens is 304 g/mol. The van der Waals surface area contributed by atoms with E-state index >= 15 is 0 Å². The lowest BCUT2D eigenvalue weighted by Crippen LogP contribution is -2.36. The predicted molar refractivity (Wildman–Crippen MR) is 81.1 cm³/mol. The Morgan fingerprint density at radius 3 is 2.45 bits per heavy atom. The van der Waals surface area contributed by atoms with Crippen LogP contribution in [0.5, 0.6) is 0 Å². The molecule has 0 fully saturated rings. The van der Waals surface area contributed by atoms with Crippen LogP contribution < -0.4 is 5.73 Å². The van der Waals surface area contributed by atoms with Gasteiger partial charge < -0.3 is 9.92 Å². The van der Waals surface area contributed by atoms with E-state index in [9.17, 15) is 13.2 Å². The molecule has 0 aliphatic carbocycles. The molecule has 0 aliphatic rings. The van der Waals surface area contributed by atoms with Crippen molar-refractivity contribution in [1.29, 1.82) is 0 Å². The molecule has 22 heavy (non-hydrogen) atoms. The third-order valence-electron chi connectivity index (χ3n) is 2.88. The number of benzene rings is 1. The van der Waals surface area contributed by atoms with Crippen molar-refractivity contribution < 1.29 is 17.4 Å².